The zero-order valence-electron chi connectivity index (χ0n) is 15.7. The lowest BCUT2D eigenvalue weighted by molar-refractivity contribution is -0.125. The average molecular weight is 389 g/mol. The molecule has 0 unspecified atom stereocenters. The molecule has 8 heteroatoms. The lowest BCUT2D eigenvalue weighted by Gasteiger charge is -2.24. The minimum Gasteiger partial charge on any atom is -0.366 e. The highest BCUT2D eigenvalue weighted by Crippen LogP contribution is 2.34. The Kier molecular flexibility index (Phi) is 4.59. The molecule has 4 N–H and O–H groups in total. The SMILES string of the molecule is Cc1c(-c2ccccc2)nn2c1NC(=O)C[C@H]2C(=O)Nc1ccc(C(N)=O)cc1. The summed E-state index contributed by atoms with van der Waals surface area (Å²) in [6.07, 6.45) is -0.0203. The molecule has 8 nitrogen and oxygen atoms in total. The van der Waals surface area contributed by atoms with Crippen molar-refractivity contribution in [1.29, 1.82) is 0 Å². The van der Waals surface area contributed by atoms with E-state index in [1.165, 1.54) is 12.1 Å². The van der Waals surface area contributed by atoms with Gasteiger partial charge in [0.15, 0.2) is 0 Å². The monoisotopic (exact) mass is 389 g/mol. The van der Waals surface area contributed by atoms with E-state index in [-0.39, 0.29) is 18.2 Å². The molecule has 4 rings (SSSR count). The first-order valence-electron chi connectivity index (χ1n) is 9.09. The number of amides is 3. The number of hydrogen-bond donors (Lipinski definition) is 3. The summed E-state index contributed by atoms with van der Waals surface area (Å²) in [5.74, 6) is -0.638. The van der Waals surface area contributed by atoms with Crippen LogP contribution in [0, 0.1) is 6.92 Å². The Hall–Kier alpha value is -3.94. The van der Waals surface area contributed by atoms with Crippen molar-refractivity contribution in [2.45, 2.75) is 19.4 Å². The van der Waals surface area contributed by atoms with E-state index in [9.17, 15) is 14.4 Å². The lowest BCUT2D eigenvalue weighted by atomic mass is 10.1. The van der Waals surface area contributed by atoms with Crippen LogP contribution in [0.5, 0.6) is 0 Å². The summed E-state index contributed by atoms with van der Waals surface area (Å²) in [4.78, 5) is 36.3. The van der Waals surface area contributed by atoms with E-state index in [1.807, 2.05) is 37.3 Å². The Morgan fingerprint density at radius 2 is 1.83 bits per heavy atom. The number of fused-ring (bicyclic) bond motifs is 1. The molecule has 0 spiro atoms. The molecule has 0 fully saturated rings. The number of benzene rings is 2. The predicted octanol–water partition coefficient (Wildman–Crippen LogP) is 2.48. The van der Waals surface area contributed by atoms with Gasteiger partial charge < -0.3 is 16.4 Å². The quantitative estimate of drug-likeness (QED) is 0.635. The van der Waals surface area contributed by atoms with E-state index in [0.29, 0.717) is 22.8 Å². The summed E-state index contributed by atoms with van der Waals surface area (Å²) < 4.78 is 1.56. The number of anilines is 2. The number of carbonyl (C=O) groups is 3. The fourth-order valence-corrected chi connectivity index (χ4v) is 3.36. The number of nitrogens with one attached hydrogen (secondary N) is 2. The first-order chi connectivity index (χ1) is 13.9. The van der Waals surface area contributed by atoms with E-state index < -0.39 is 11.9 Å². The van der Waals surface area contributed by atoms with E-state index in [1.54, 1.807) is 16.8 Å². The van der Waals surface area contributed by atoms with Crippen molar-refractivity contribution in [2.24, 2.45) is 5.73 Å². The second kappa shape index (κ2) is 7.23. The molecule has 2 heterocycles. The molecule has 1 aromatic heterocycles. The second-order valence-corrected chi connectivity index (χ2v) is 6.83. The van der Waals surface area contributed by atoms with Gasteiger partial charge in [0.2, 0.25) is 17.7 Å². The molecule has 3 aromatic rings. The van der Waals surface area contributed by atoms with Crippen LogP contribution in [-0.2, 0) is 9.59 Å². The summed E-state index contributed by atoms with van der Waals surface area (Å²) in [5.41, 5.74) is 8.50. The minimum absolute atomic E-state index is 0.0203. The van der Waals surface area contributed by atoms with Gasteiger partial charge in [0.05, 0.1) is 12.1 Å². The van der Waals surface area contributed by atoms with Gasteiger partial charge in [-0.05, 0) is 31.2 Å². The standard InChI is InChI=1S/C21H19N5O3/c1-12-18(13-5-3-2-4-6-13)25-26-16(11-17(27)24-20(12)26)21(29)23-15-9-7-14(8-10-15)19(22)28/h2-10,16H,11H2,1H3,(H2,22,28)(H,23,29)(H,24,27)/t16-/m0/s1. The van der Waals surface area contributed by atoms with Crippen molar-refractivity contribution in [3.63, 3.8) is 0 Å². The van der Waals surface area contributed by atoms with Gasteiger partial charge in [0.25, 0.3) is 0 Å². The van der Waals surface area contributed by atoms with Crippen LogP contribution in [-0.4, -0.2) is 27.5 Å². The molecule has 0 saturated carbocycles. The molecule has 29 heavy (non-hydrogen) atoms. The van der Waals surface area contributed by atoms with Crippen LogP contribution in [0.25, 0.3) is 11.3 Å². The smallest absolute Gasteiger partial charge is 0.249 e. The molecule has 3 amide bonds. The zero-order chi connectivity index (χ0) is 20.5. The van der Waals surface area contributed by atoms with Crippen molar-refractivity contribution in [3.05, 3.63) is 65.7 Å². The number of carbonyl (C=O) groups excluding carboxylic acids is 3. The highest BCUT2D eigenvalue weighted by molar-refractivity contribution is 6.02. The number of aromatic nitrogens is 2. The maximum atomic E-state index is 12.9. The van der Waals surface area contributed by atoms with Crippen LogP contribution in [0.2, 0.25) is 0 Å². The molecule has 0 saturated heterocycles. The van der Waals surface area contributed by atoms with Crippen LogP contribution in [0.4, 0.5) is 11.5 Å². The van der Waals surface area contributed by atoms with Gasteiger partial charge in [-0.3, -0.25) is 14.4 Å². The summed E-state index contributed by atoms with van der Waals surface area (Å²) in [6.45, 7) is 1.87. The summed E-state index contributed by atoms with van der Waals surface area (Å²) in [5, 5.41) is 10.2. The van der Waals surface area contributed by atoms with E-state index >= 15 is 0 Å². The van der Waals surface area contributed by atoms with E-state index in [0.717, 1.165) is 11.1 Å². The van der Waals surface area contributed by atoms with Crippen LogP contribution in [0.15, 0.2) is 54.6 Å². The van der Waals surface area contributed by atoms with Gasteiger partial charge in [0, 0.05) is 22.4 Å². The third-order valence-electron chi connectivity index (χ3n) is 4.87. The molecule has 146 valence electrons. The number of hydrogen-bond acceptors (Lipinski definition) is 4. The Morgan fingerprint density at radius 3 is 2.48 bits per heavy atom. The Bertz CT molecular complexity index is 1100. The fraction of sp³-hybridized carbons (Fsp3) is 0.143. The third kappa shape index (κ3) is 3.47. The summed E-state index contributed by atoms with van der Waals surface area (Å²) in [7, 11) is 0. The summed E-state index contributed by atoms with van der Waals surface area (Å²) >= 11 is 0. The maximum absolute atomic E-state index is 12.9. The normalized spacial score (nSPS) is 15.3. The molecule has 1 atom stereocenters. The number of primary amides is 1. The fourth-order valence-electron chi connectivity index (χ4n) is 3.36. The molecular formula is C21H19N5O3. The zero-order valence-corrected chi connectivity index (χ0v) is 15.7. The van der Waals surface area contributed by atoms with Gasteiger partial charge in [-0.15, -0.1) is 0 Å². The van der Waals surface area contributed by atoms with E-state index in [4.69, 9.17) is 5.73 Å². The van der Waals surface area contributed by atoms with Gasteiger partial charge in [-0.25, -0.2) is 4.68 Å². The molecule has 2 aromatic carbocycles. The van der Waals surface area contributed by atoms with Crippen LogP contribution in [0.1, 0.15) is 28.4 Å². The molecule has 0 aliphatic carbocycles. The molecule has 0 radical (unpaired) electrons. The van der Waals surface area contributed by atoms with Crippen molar-refractivity contribution >= 4 is 29.2 Å². The largest absolute Gasteiger partial charge is 0.366 e. The predicted molar refractivity (Wildman–Crippen MR) is 108 cm³/mol. The average Bonchev–Trinajstić information content (AvgIpc) is 3.05. The van der Waals surface area contributed by atoms with Crippen molar-refractivity contribution in [1.82, 2.24) is 9.78 Å². The van der Waals surface area contributed by atoms with Gasteiger partial charge in [0.1, 0.15) is 11.9 Å². The first kappa shape index (κ1) is 18.4. The highest BCUT2D eigenvalue weighted by atomic mass is 16.2. The molecule has 1 aliphatic heterocycles. The Balaban J connectivity index is 1.64. The van der Waals surface area contributed by atoms with Crippen molar-refractivity contribution in [3.8, 4) is 11.3 Å². The van der Waals surface area contributed by atoms with Gasteiger partial charge in [-0.1, -0.05) is 30.3 Å². The van der Waals surface area contributed by atoms with Crippen molar-refractivity contribution < 1.29 is 14.4 Å². The van der Waals surface area contributed by atoms with Crippen LogP contribution >= 0.6 is 0 Å². The van der Waals surface area contributed by atoms with Crippen LogP contribution in [0.3, 0.4) is 0 Å². The Morgan fingerprint density at radius 1 is 1.14 bits per heavy atom. The molecular weight excluding hydrogens is 370 g/mol. The highest BCUT2D eigenvalue weighted by Gasteiger charge is 2.34. The Labute approximate surface area is 166 Å². The second-order valence-electron chi connectivity index (χ2n) is 6.83. The number of rotatable bonds is 4. The topological polar surface area (TPSA) is 119 Å². The molecule has 0 bridgehead atoms. The van der Waals surface area contributed by atoms with Crippen molar-refractivity contribution in [2.75, 3.05) is 10.6 Å². The molecule has 1 aliphatic rings. The third-order valence-corrected chi connectivity index (χ3v) is 4.87. The maximum Gasteiger partial charge on any atom is 0.249 e. The lowest BCUT2D eigenvalue weighted by Crippen LogP contribution is -2.35. The summed E-state index contributed by atoms with van der Waals surface area (Å²) in [6, 6.07) is 15.0. The van der Waals surface area contributed by atoms with E-state index in [2.05, 4.69) is 15.7 Å². The number of nitrogens with zero attached hydrogens (tertiary/aromatic N) is 2. The van der Waals surface area contributed by atoms with Gasteiger partial charge in [-0.2, -0.15) is 5.10 Å². The van der Waals surface area contributed by atoms with Gasteiger partial charge >= 0.3 is 0 Å². The minimum atomic E-state index is -0.786. The van der Waals surface area contributed by atoms with Crippen LogP contribution < -0.4 is 16.4 Å². The first-order valence-corrected chi connectivity index (χ1v) is 9.09. The number of nitrogens with two attached hydrogens (primary N) is 1.